The summed E-state index contributed by atoms with van der Waals surface area (Å²) in [6.45, 7) is 3.81. The minimum absolute atomic E-state index is 0.256. The van der Waals surface area contributed by atoms with Gasteiger partial charge in [0.1, 0.15) is 16.5 Å². The number of anilines is 1. The molecule has 0 saturated carbocycles. The second kappa shape index (κ2) is 8.65. The summed E-state index contributed by atoms with van der Waals surface area (Å²) in [5, 5.41) is 17.0. The minimum Gasteiger partial charge on any atom is -0.457 e. The molecule has 5 rings (SSSR count). The van der Waals surface area contributed by atoms with Gasteiger partial charge in [-0.25, -0.2) is 0 Å². The van der Waals surface area contributed by atoms with Gasteiger partial charge in [0.05, 0.1) is 0 Å². The van der Waals surface area contributed by atoms with Crippen LogP contribution in [0.5, 0.6) is 0 Å². The summed E-state index contributed by atoms with van der Waals surface area (Å²) >= 11 is 7.66. The number of nitrogens with zero attached hydrogens (tertiary/aromatic N) is 4. The van der Waals surface area contributed by atoms with E-state index in [-0.39, 0.29) is 5.91 Å². The number of hydrogen-bond donors (Lipinski definition) is 1. The van der Waals surface area contributed by atoms with Crippen molar-refractivity contribution in [2.45, 2.75) is 13.8 Å². The molecular formula is C24H18ClN5O2S. The van der Waals surface area contributed by atoms with E-state index in [2.05, 4.69) is 20.6 Å². The average Bonchev–Trinajstić information content (AvgIpc) is 3.53. The van der Waals surface area contributed by atoms with E-state index in [0.29, 0.717) is 22.2 Å². The van der Waals surface area contributed by atoms with Crippen LogP contribution >= 0.6 is 22.9 Å². The molecule has 0 aliphatic carbocycles. The van der Waals surface area contributed by atoms with Crippen molar-refractivity contribution < 1.29 is 9.21 Å². The molecule has 0 fully saturated rings. The lowest BCUT2D eigenvalue weighted by molar-refractivity contribution is -0.111. The Morgan fingerprint density at radius 3 is 2.61 bits per heavy atom. The fourth-order valence-corrected chi connectivity index (χ4v) is 4.28. The molecule has 0 saturated heterocycles. The van der Waals surface area contributed by atoms with Crippen molar-refractivity contribution in [1.29, 1.82) is 0 Å². The zero-order chi connectivity index (χ0) is 22.9. The van der Waals surface area contributed by atoms with Crippen molar-refractivity contribution >= 4 is 45.6 Å². The van der Waals surface area contributed by atoms with Crippen LogP contribution in [0.25, 0.3) is 32.9 Å². The molecule has 0 atom stereocenters. The van der Waals surface area contributed by atoms with Crippen molar-refractivity contribution in [2.24, 2.45) is 0 Å². The second-order valence-corrected chi connectivity index (χ2v) is 8.78. The third-order valence-corrected chi connectivity index (χ3v) is 6.38. The lowest BCUT2D eigenvalue weighted by atomic mass is 10.1. The number of rotatable bonds is 5. The maximum Gasteiger partial charge on any atom is 0.248 e. The Balaban J connectivity index is 1.23. The molecule has 1 amide bonds. The number of nitrogens with one attached hydrogen (secondary N) is 1. The highest BCUT2D eigenvalue weighted by atomic mass is 35.5. The van der Waals surface area contributed by atoms with Gasteiger partial charge in [-0.05, 0) is 68.0 Å². The molecule has 9 heteroatoms. The summed E-state index contributed by atoms with van der Waals surface area (Å²) in [7, 11) is 0. The predicted octanol–water partition coefficient (Wildman–Crippen LogP) is 6.03. The highest BCUT2D eigenvalue weighted by Gasteiger charge is 2.11. The van der Waals surface area contributed by atoms with Crippen LogP contribution < -0.4 is 5.32 Å². The first-order valence-electron chi connectivity index (χ1n) is 10.1. The van der Waals surface area contributed by atoms with Crippen LogP contribution in [0.1, 0.15) is 17.1 Å². The molecule has 3 heterocycles. The third-order valence-electron chi connectivity index (χ3n) is 5.03. The monoisotopic (exact) mass is 475 g/mol. The maximum atomic E-state index is 12.3. The van der Waals surface area contributed by atoms with Gasteiger partial charge in [0.25, 0.3) is 0 Å². The quantitative estimate of drug-likeness (QED) is 0.313. The number of amides is 1. The molecule has 0 bridgehead atoms. The van der Waals surface area contributed by atoms with Gasteiger partial charge in [-0.3, -0.25) is 4.79 Å². The van der Waals surface area contributed by atoms with Crippen molar-refractivity contribution in [3.63, 3.8) is 0 Å². The smallest absolute Gasteiger partial charge is 0.248 e. The van der Waals surface area contributed by atoms with Gasteiger partial charge >= 0.3 is 0 Å². The number of benzene rings is 2. The van der Waals surface area contributed by atoms with Gasteiger partial charge in [0, 0.05) is 27.9 Å². The summed E-state index contributed by atoms with van der Waals surface area (Å²) in [5.74, 6) is 1.75. The molecule has 0 radical (unpaired) electrons. The summed E-state index contributed by atoms with van der Waals surface area (Å²) in [5.41, 5.74) is 3.51. The molecule has 1 N–H and O–H groups in total. The lowest BCUT2D eigenvalue weighted by Gasteiger charge is -2.03. The number of halogens is 1. The summed E-state index contributed by atoms with van der Waals surface area (Å²) in [6.07, 6.45) is 3.06. The summed E-state index contributed by atoms with van der Waals surface area (Å²) < 4.78 is 7.53. The van der Waals surface area contributed by atoms with E-state index in [1.165, 1.54) is 17.4 Å². The molecule has 0 spiro atoms. The molecular weight excluding hydrogens is 458 g/mol. The number of fused-ring (bicyclic) bond motifs is 1. The minimum atomic E-state index is -0.256. The van der Waals surface area contributed by atoms with Gasteiger partial charge in [-0.1, -0.05) is 35.1 Å². The van der Waals surface area contributed by atoms with Crippen molar-refractivity contribution in [1.82, 2.24) is 19.8 Å². The van der Waals surface area contributed by atoms with Crippen LogP contribution in [-0.2, 0) is 4.79 Å². The number of carbonyl (C=O) groups is 1. The van der Waals surface area contributed by atoms with Crippen LogP contribution in [0.3, 0.4) is 0 Å². The SMILES string of the molecule is Cc1ccc(-c2ccc(/C=C/C(=O)Nc3ccc(-c4nn5c(C)nnc5s4)cc3)o2)cc1Cl. The van der Waals surface area contributed by atoms with Gasteiger partial charge < -0.3 is 9.73 Å². The fraction of sp³-hybridized carbons (Fsp3) is 0.0833. The Bertz CT molecular complexity index is 1500. The van der Waals surface area contributed by atoms with E-state index in [1.54, 1.807) is 10.6 Å². The number of carbonyl (C=O) groups excluding carboxylic acids is 1. The topological polar surface area (TPSA) is 85.3 Å². The Labute approximate surface area is 198 Å². The van der Waals surface area contributed by atoms with Crippen LogP contribution in [0.4, 0.5) is 5.69 Å². The summed E-state index contributed by atoms with van der Waals surface area (Å²) in [6, 6.07) is 16.9. The summed E-state index contributed by atoms with van der Waals surface area (Å²) in [4.78, 5) is 13.1. The Morgan fingerprint density at radius 1 is 1.06 bits per heavy atom. The maximum absolute atomic E-state index is 12.3. The van der Waals surface area contributed by atoms with E-state index >= 15 is 0 Å². The van der Waals surface area contributed by atoms with Crippen molar-refractivity contribution in [2.75, 3.05) is 5.32 Å². The number of hydrogen-bond acceptors (Lipinski definition) is 6. The van der Waals surface area contributed by atoms with Crippen LogP contribution in [0.2, 0.25) is 5.02 Å². The van der Waals surface area contributed by atoms with Crippen LogP contribution in [-0.4, -0.2) is 25.7 Å². The highest BCUT2D eigenvalue weighted by molar-refractivity contribution is 7.19. The normalized spacial score (nSPS) is 11.5. The predicted molar refractivity (Wildman–Crippen MR) is 130 cm³/mol. The third kappa shape index (κ3) is 4.44. The van der Waals surface area contributed by atoms with Gasteiger partial charge in [-0.15, -0.1) is 10.2 Å². The molecule has 2 aromatic carbocycles. The Kier molecular flexibility index (Phi) is 5.53. The molecule has 164 valence electrons. The molecule has 5 aromatic rings. The zero-order valence-electron chi connectivity index (χ0n) is 17.7. The molecule has 7 nitrogen and oxygen atoms in total. The van der Waals surface area contributed by atoms with E-state index < -0.39 is 0 Å². The first-order chi connectivity index (χ1) is 16.0. The van der Waals surface area contributed by atoms with Gasteiger partial charge in [0.15, 0.2) is 5.82 Å². The second-order valence-electron chi connectivity index (χ2n) is 7.41. The molecule has 33 heavy (non-hydrogen) atoms. The molecule has 0 unspecified atom stereocenters. The van der Waals surface area contributed by atoms with E-state index in [9.17, 15) is 4.79 Å². The zero-order valence-corrected chi connectivity index (χ0v) is 19.3. The largest absolute Gasteiger partial charge is 0.457 e. The highest BCUT2D eigenvalue weighted by Crippen LogP contribution is 2.28. The van der Waals surface area contributed by atoms with Crippen molar-refractivity contribution in [3.8, 4) is 21.9 Å². The molecule has 0 aliphatic heterocycles. The number of aromatic nitrogens is 4. The average molecular weight is 476 g/mol. The van der Waals surface area contributed by atoms with Crippen LogP contribution in [0.15, 0.2) is 65.1 Å². The van der Waals surface area contributed by atoms with Gasteiger partial charge in [-0.2, -0.15) is 9.61 Å². The van der Waals surface area contributed by atoms with Crippen molar-refractivity contribution in [3.05, 3.63) is 82.8 Å². The number of furan rings is 1. The lowest BCUT2D eigenvalue weighted by Crippen LogP contribution is -2.07. The van der Waals surface area contributed by atoms with Gasteiger partial charge in [0.2, 0.25) is 10.9 Å². The Morgan fingerprint density at radius 2 is 1.85 bits per heavy atom. The Hall–Kier alpha value is -3.75. The number of aryl methyl sites for hydroxylation is 2. The molecule has 0 aliphatic rings. The van der Waals surface area contributed by atoms with Crippen LogP contribution in [0, 0.1) is 13.8 Å². The van der Waals surface area contributed by atoms with E-state index in [1.807, 2.05) is 68.4 Å². The van der Waals surface area contributed by atoms with E-state index in [4.69, 9.17) is 16.0 Å². The molecule has 3 aromatic heterocycles. The first kappa shape index (κ1) is 21.1. The standard InChI is InChI=1S/C24H18ClN5O2S/c1-14-3-4-17(13-20(14)25)21-11-9-19(32-21)10-12-22(31)26-18-7-5-16(6-8-18)23-29-30-15(2)27-28-24(30)33-23/h3-13H,1-2H3,(H,26,31)/b12-10+. The first-order valence-corrected chi connectivity index (χ1v) is 11.3. The van der Waals surface area contributed by atoms with E-state index in [0.717, 1.165) is 32.5 Å². The fourth-order valence-electron chi connectivity index (χ4n) is 3.21.